The van der Waals surface area contributed by atoms with Crippen molar-refractivity contribution in [2.24, 2.45) is 0 Å². The number of aromatic nitrogens is 1. The minimum atomic E-state index is -1.06. The van der Waals surface area contributed by atoms with Crippen LogP contribution in [0.25, 0.3) is 0 Å². The van der Waals surface area contributed by atoms with Crippen molar-refractivity contribution < 1.29 is 14.7 Å². The molecule has 1 aromatic rings. The van der Waals surface area contributed by atoms with Crippen LogP contribution >= 0.6 is 11.8 Å². The standard InChI is InChI=1S/C13H19N3O3S/c1-20-7-3-2-6-14-13(19)16-9-10-4-5-11(12(17)18)15-8-10/h4-5,8H,2-3,6-7,9H2,1H3,(H,17,18)(H2,14,16,19). The Balaban J connectivity index is 2.22. The van der Waals surface area contributed by atoms with Crippen LogP contribution in [0, 0.1) is 0 Å². The van der Waals surface area contributed by atoms with Gasteiger partial charge in [0, 0.05) is 19.3 Å². The smallest absolute Gasteiger partial charge is 0.354 e. The number of rotatable bonds is 8. The minimum Gasteiger partial charge on any atom is -0.477 e. The van der Waals surface area contributed by atoms with Crippen molar-refractivity contribution in [1.82, 2.24) is 15.6 Å². The molecule has 0 bridgehead atoms. The molecule has 0 spiro atoms. The summed E-state index contributed by atoms with van der Waals surface area (Å²) in [4.78, 5) is 25.9. The fraction of sp³-hybridized carbons (Fsp3) is 0.462. The van der Waals surface area contributed by atoms with E-state index >= 15 is 0 Å². The van der Waals surface area contributed by atoms with Gasteiger partial charge in [0.05, 0.1) is 0 Å². The van der Waals surface area contributed by atoms with Crippen LogP contribution in [-0.4, -0.2) is 40.6 Å². The van der Waals surface area contributed by atoms with Crippen molar-refractivity contribution in [3.8, 4) is 0 Å². The highest BCUT2D eigenvalue weighted by atomic mass is 32.2. The summed E-state index contributed by atoms with van der Waals surface area (Å²) < 4.78 is 0. The van der Waals surface area contributed by atoms with Crippen molar-refractivity contribution in [2.75, 3.05) is 18.6 Å². The number of carboxylic acids is 1. The van der Waals surface area contributed by atoms with Crippen molar-refractivity contribution in [2.45, 2.75) is 19.4 Å². The summed E-state index contributed by atoms with van der Waals surface area (Å²) >= 11 is 1.79. The van der Waals surface area contributed by atoms with Gasteiger partial charge in [-0.2, -0.15) is 11.8 Å². The normalized spacial score (nSPS) is 10.1. The molecule has 0 aromatic carbocycles. The lowest BCUT2D eigenvalue weighted by molar-refractivity contribution is 0.0690. The topological polar surface area (TPSA) is 91.3 Å². The van der Waals surface area contributed by atoms with Gasteiger partial charge in [-0.3, -0.25) is 0 Å². The van der Waals surface area contributed by atoms with Crippen molar-refractivity contribution >= 4 is 23.8 Å². The number of carbonyl (C=O) groups is 2. The average Bonchev–Trinajstić information content (AvgIpc) is 2.45. The van der Waals surface area contributed by atoms with E-state index in [-0.39, 0.29) is 11.7 Å². The summed E-state index contributed by atoms with van der Waals surface area (Å²) in [7, 11) is 0. The molecule has 7 heteroatoms. The molecule has 2 amide bonds. The second-order valence-corrected chi connectivity index (χ2v) is 5.15. The monoisotopic (exact) mass is 297 g/mol. The van der Waals surface area contributed by atoms with Crippen molar-refractivity contribution in [3.63, 3.8) is 0 Å². The number of nitrogens with zero attached hydrogens (tertiary/aromatic N) is 1. The Morgan fingerprint density at radius 3 is 2.70 bits per heavy atom. The summed E-state index contributed by atoms with van der Waals surface area (Å²) in [6.45, 7) is 0.978. The van der Waals surface area contributed by atoms with Crippen LogP contribution in [-0.2, 0) is 6.54 Å². The van der Waals surface area contributed by atoms with E-state index in [4.69, 9.17) is 5.11 Å². The number of hydrogen-bond donors (Lipinski definition) is 3. The number of urea groups is 1. The summed E-state index contributed by atoms with van der Waals surface area (Å²) in [5.41, 5.74) is 0.750. The third-order valence-electron chi connectivity index (χ3n) is 2.56. The third kappa shape index (κ3) is 6.42. The molecule has 1 rings (SSSR count). The molecule has 0 fully saturated rings. The largest absolute Gasteiger partial charge is 0.477 e. The Kier molecular flexibility index (Phi) is 7.49. The van der Waals surface area contributed by atoms with E-state index < -0.39 is 5.97 Å². The number of carbonyl (C=O) groups excluding carboxylic acids is 1. The first-order valence-corrected chi connectivity index (χ1v) is 7.71. The predicted octanol–water partition coefficient (Wildman–Crippen LogP) is 1.72. The minimum absolute atomic E-state index is 0.00741. The summed E-state index contributed by atoms with van der Waals surface area (Å²) in [5, 5.41) is 14.2. The fourth-order valence-corrected chi connectivity index (χ4v) is 1.97. The quantitative estimate of drug-likeness (QED) is 0.636. The van der Waals surface area contributed by atoms with E-state index in [1.807, 2.05) is 0 Å². The van der Waals surface area contributed by atoms with Crippen LogP contribution in [0.3, 0.4) is 0 Å². The van der Waals surface area contributed by atoms with E-state index in [0.717, 1.165) is 24.2 Å². The van der Waals surface area contributed by atoms with Crippen molar-refractivity contribution in [1.29, 1.82) is 0 Å². The summed E-state index contributed by atoms with van der Waals surface area (Å²) in [6.07, 6.45) is 5.55. The number of aromatic carboxylic acids is 1. The predicted molar refractivity (Wildman–Crippen MR) is 79.1 cm³/mol. The van der Waals surface area contributed by atoms with Gasteiger partial charge < -0.3 is 15.7 Å². The van der Waals surface area contributed by atoms with Crippen LogP contribution in [0.4, 0.5) is 4.79 Å². The molecule has 0 saturated carbocycles. The lowest BCUT2D eigenvalue weighted by Gasteiger charge is -2.07. The first-order valence-electron chi connectivity index (χ1n) is 6.32. The molecule has 20 heavy (non-hydrogen) atoms. The Hall–Kier alpha value is -1.76. The number of carboxylic acid groups (broad SMARTS) is 1. The highest BCUT2D eigenvalue weighted by Crippen LogP contribution is 2.00. The molecule has 3 N–H and O–H groups in total. The molecule has 1 aromatic heterocycles. The number of unbranched alkanes of at least 4 members (excludes halogenated alkanes) is 1. The molecule has 0 aliphatic rings. The molecule has 6 nitrogen and oxygen atoms in total. The molecular weight excluding hydrogens is 278 g/mol. The van der Waals surface area contributed by atoms with Gasteiger partial charge in [0.1, 0.15) is 5.69 Å². The maximum Gasteiger partial charge on any atom is 0.354 e. The Morgan fingerprint density at radius 1 is 1.30 bits per heavy atom. The molecule has 110 valence electrons. The second kappa shape index (κ2) is 9.19. The second-order valence-electron chi connectivity index (χ2n) is 4.17. The van der Waals surface area contributed by atoms with Crippen LogP contribution < -0.4 is 10.6 Å². The van der Waals surface area contributed by atoms with E-state index in [1.54, 1.807) is 17.8 Å². The molecular formula is C13H19N3O3S. The van der Waals surface area contributed by atoms with Crippen LogP contribution in [0.5, 0.6) is 0 Å². The zero-order valence-electron chi connectivity index (χ0n) is 11.4. The van der Waals surface area contributed by atoms with Gasteiger partial charge in [0.25, 0.3) is 0 Å². The Bertz CT molecular complexity index is 437. The van der Waals surface area contributed by atoms with E-state index in [9.17, 15) is 9.59 Å². The van der Waals surface area contributed by atoms with Gasteiger partial charge in [0.2, 0.25) is 0 Å². The number of hydrogen-bond acceptors (Lipinski definition) is 4. The van der Waals surface area contributed by atoms with Crippen LogP contribution in [0.2, 0.25) is 0 Å². The highest BCUT2D eigenvalue weighted by Gasteiger charge is 2.04. The summed E-state index contributed by atoms with van der Waals surface area (Å²) in [5.74, 6) is 0.0396. The zero-order chi connectivity index (χ0) is 14.8. The summed E-state index contributed by atoms with van der Waals surface area (Å²) in [6, 6.07) is 2.82. The zero-order valence-corrected chi connectivity index (χ0v) is 12.2. The Morgan fingerprint density at radius 2 is 2.10 bits per heavy atom. The van der Waals surface area contributed by atoms with E-state index in [1.165, 1.54) is 12.3 Å². The lowest BCUT2D eigenvalue weighted by atomic mass is 10.2. The van der Waals surface area contributed by atoms with Gasteiger partial charge >= 0.3 is 12.0 Å². The van der Waals surface area contributed by atoms with Gasteiger partial charge in [-0.15, -0.1) is 0 Å². The molecule has 1 heterocycles. The first kappa shape index (κ1) is 16.3. The maximum absolute atomic E-state index is 11.5. The molecule has 0 radical (unpaired) electrons. The van der Waals surface area contributed by atoms with Gasteiger partial charge in [-0.05, 0) is 36.5 Å². The van der Waals surface area contributed by atoms with Gasteiger partial charge in [-0.1, -0.05) is 6.07 Å². The molecule has 0 aliphatic heterocycles. The van der Waals surface area contributed by atoms with Crippen LogP contribution in [0.15, 0.2) is 18.3 Å². The lowest BCUT2D eigenvalue weighted by Crippen LogP contribution is -2.35. The van der Waals surface area contributed by atoms with Gasteiger partial charge in [0.15, 0.2) is 0 Å². The molecule has 0 saturated heterocycles. The van der Waals surface area contributed by atoms with Crippen molar-refractivity contribution in [3.05, 3.63) is 29.6 Å². The van der Waals surface area contributed by atoms with Crippen LogP contribution in [0.1, 0.15) is 28.9 Å². The van der Waals surface area contributed by atoms with E-state index in [2.05, 4.69) is 21.9 Å². The fourth-order valence-electron chi connectivity index (χ4n) is 1.47. The highest BCUT2D eigenvalue weighted by molar-refractivity contribution is 7.98. The molecule has 0 aliphatic carbocycles. The maximum atomic E-state index is 11.5. The molecule has 0 atom stereocenters. The third-order valence-corrected chi connectivity index (χ3v) is 3.25. The number of nitrogens with one attached hydrogen (secondary N) is 2. The van der Waals surface area contributed by atoms with E-state index in [0.29, 0.717) is 13.1 Å². The molecule has 0 unspecified atom stereocenters. The SMILES string of the molecule is CSCCCCNC(=O)NCc1ccc(C(=O)O)nc1. The Labute approximate surface area is 122 Å². The average molecular weight is 297 g/mol. The number of pyridine rings is 1. The van der Waals surface area contributed by atoms with Gasteiger partial charge in [-0.25, -0.2) is 14.6 Å². The number of amides is 2. The number of thioether (sulfide) groups is 1. The first-order chi connectivity index (χ1) is 9.63.